The molecule has 0 saturated heterocycles. The summed E-state index contributed by atoms with van der Waals surface area (Å²) in [5, 5.41) is 5.49. The van der Waals surface area contributed by atoms with Crippen LogP contribution in [-0.2, 0) is 14.6 Å². The van der Waals surface area contributed by atoms with Crippen LogP contribution in [0.1, 0.15) is 20.8 Å². The molecule has 0 saturated carbocycles. The fraction of sp³-hybridized carbons (Fsp3) is 0.889. The first-order chi connectivity index (χ1) is 6.87. The van der Waals surface area contributed by atoms with E-state index in [1.165, 1.54) is 0 Å². The van der Waals surface area contributed by atoms with Crippen molar-refractivity contribution in [3.8, 4) is 0 Å². The largest absolute Gasteiger partial charge is 0.353 e. The van der Waals surface area contributed by atoms with Gasteiger partial charge in [-0.3, -0.25) is 4.79 Å². The first kappa shape index (κ1) is 14.4. The third-order valence-electron chi connectivity index (χ3n) is 1.76. The van der Waals surface area contributed by atoms with Crippen LogP contribution in [0, 0.1) is 0 Å². The third kappa shape index (κ3) is 8.38. The molecule has 0 atom stereocenters. The molecule has 5 nitrogen and oxygen atoms in total. The lowest BCUT2D eigenvalue weighted by Crippen LogP contribution is -2.39. The standard InChI is InChI=1S/C9H20N2O3S/c1-4-15(13,14)6-5-10-7-9(12)11-8(2)3/h8,10H,4-7H2,1-3H3,(H,11,12). The highest BCUT2D eigenvalue weighted by atomic mass is 32.2. The van der Waals surface area contributed by atoms with E-state index >= 15 is 0 Å². The van der Waals surface area contributed by atoms with E-state index in [9.17, 15) is 13.2 Å². The van der Waals surface area contributed by atoms with Gasteiger partial charge < -0.3 is 10.6 Å². The zero-order valence-corrected chi connectivity index (χ0v) is 10.4. The molecule has 15 heavy (non-hydrogen) atoms. The van der Waals surface area contributed by atoms with Crippen LogP contribution in [0.5, 0.6) is 0 Å². The molecule has 0 rings (SSSR count). The Bertz CT molecular complexity index is 286. The molecular formula is C9H20N2O3S. The second-order valence-electron chi connectivity index (χ2n) is 3.64. The Kier molecular flexibility index (Phi) is 6.51. The number of hydrogen-bond donors (Lipinski definition) is 2. The molecule has 0 bridgehead atoms. The van der Waals surface area contributed by atoms with Gasteiger partial charge in [-0.1, -0.05) is 6.92 Å². The van der Waals surface area contributed by atoms with E-state index in [0.29, 0.717) is 6.54 Å². The molecule has 0 spiro atoms. The van der Waals surface area contributed by atoms with Gasteiger partial charge in [-0.2, -0.15) is 0 Å². The normalized spacial score (nSPS) is 11.7. The van der Waals surface area contributed by atoms with Crippen molar-refractivity contribution in [2.24, 2.45) is 0 Å². The molecule has 0 unspecified atom stereocenters. The van der Waals surface area contributed by atoms with E-state index in [2.05, 4.69) is 10.6 Å². The van der Waals surface area contributed by atoms with Gasteiger partial charge in [0.15, 0.2) is 9.84 Å². The van der Waals surface area contributed by atoms with Gasteiger partial charge in [0, 0.05) is 18.3 Å². The average Bonchev–Trinajstić information content (AvgIpc) is 2.11. The Morgan fingerprint density at radius 2 is 1.93 bits per heavy atom. The van der Waals surface area contributed by atoms with Crippen LogP contribution >= 0.6 is 0 Å². The van der Waals surface area contributed by atoms with Gasteiger partial charge in [-0.25, -0.2) is 8.42 Å². The predicted octanol–water partition coefficient (Wildman–Crippen LogP) is -0.465. The third-order valence-corrected chi connectivity index (χ3v) is 3.47. The van der Waals surface area contributed by atoms with Gasteiger partial charge >= 0.3 is 0 Å². The molecule has 0 aromatic carbocycles. The summed E-state index contributed by atoms with van der Waals surface area (Å²) in [6.45, 7) is 5.85. The van der Waals surface area contributed by atoms with Gasteiger partial charge in [0.2, 0.25) is 5.91 Å². The summed E-state index contributed by atoms with van der Waals surface area (Å²) in [4.78, 5) is 11.1. The van der Waals surface area contributed by atoms with Gasteiger partial charge in [0.25, 0.3) is 0 Å². The van der Waals surface area contributed by atoms with Crippen LogP contribution < -0.4 is 10.6 Å². The van der Waals surface area contributed by atoms with Crippen molar-refractivity contribution in [3.63, 3.8) is 0 Å². The van der Waals surface area contributed by atoms with E-state index < -0.39 is 9.84 Å². The van der Waals surface area contributed by atoms with Crippen LogP contribution in [-0.4, -0.2) is 45.0 Å². The Balaban J connectivity index is 3.59. The van der Waals surface area contributed by atoms with Crippen molar-refractivity contribution < 1.29 is 13.2 Å². The van der Waals surface area contributed by atoms with Crippen molar-refractivity contribution >= 4 is 15.7 Å². The van der Waals surface area contributed by atoms with Gasteiger partial charge in [-0.15, -0.1) is 0 Å². The number of hydrogen-bond acceptors (Lipinski definition) is 4. The second kappa shape index (κ2) is 6.79. The van der Waals surface area contributed by atoms with Gasteiger partial charge in [0.05, 0.1) is 12.3 Å². The first-order valence-electron chi connectivity index (χ1n) is 5.08. The minimum atomic E-state index is -2.93. The summed E-state index contributed by atoms with van der Waals surface area (Å²) >= 11 is 0. The highest BCUT2D eigenvalue weighted by Gasteiger charge is 2.07. The number of nitrogens with one attached hydrogen (secondary N) is 2. The summed E-state index contributed by atoms with van der Waals surface area (Å²) in [6, 6.07) is 0.110. The lowest BCUT2D eigenvalue weighted by molar-refractivity contribution is -0.120. The molecule has 0 radical (unpaired) electrons. The highest BCUT2D eigenvalue weighted by Crippen LogP contribution is 1.86. The lowest BCUT2D eigenvalue weighted by atomic mass is 10.4. The number of carbonyl (C=O) groups is 1. The zero-order valence-electron chi connectivity index (χ0n) is 9.54. The quantitative estimate of drug-likeness (QED) is 0.586. The molecule has 0 aliphatic rings. The van der Waals surface area contributed by atoms with E-state index in [-0.39, 0.29) is 30.0 Å². The van der Waals surface area contributed by atoms with Gasteiger partial charge in [0.1, 0.15) is 0 Å². The van der Waals surface area contributed by atoms with Crippen LogP contribution in [0.3, 0.4) is 0 Å². The van der Waals surface area contributed by atoms with E-state index in [1.807, 2.05) is 13.8 Å². The Morgan fingerprint density at radius 1 is 1.33 bits per heavy atom. The van der Waals surface area contributed by atoms with Crippen LogP contribution in [0.15, 0.2) is 0 Å². The first-order valence-corrected chi connectivity index (χ1v) is 6.90. The van der Waals surface area contributed by atoms with Crippen LogP contribution in [0.4, 0.5) is 0 Å². The predicted molar refractivity (Wildman–Crippen MR) is 60.5 cm³/mol. The fourth-order valence-corrected chi connectivity index (χ4v) is 1.69. The second-order valence-corrected chi connectivity index (χ2v) is 6.11. The maximum absolute atomic E-state index is 11.1. The molecular weight excluding hydrogens is 216 g/mol. The Hall–Kier alpha value is -0.620. The monoisotopic (exact) mass is 236 g/mol. The fourth-order valence-electron chi connectivity index (χ4n) is 0.947. The van der Waals surface area contributed by atoms with E-state index in [4.69, 9.17) is 0 Å². The SMILES string of the molecule is CCS(=O)(=O)CCNCC(=O)NC(C)C. The summed E-state index contributed by atoms with van der Waals surface area (Å²) in [5.41, 5.74) is 0. The summed E-state index contributed by atoms with van der Waals surface area (Å²) in [6.07, 6.45) is 0. The lowest BCUT2D eigenvalue weighted by Gasteiger charge is -2.08. The average molecular weight is 236 g/mol. The van der Waals surface area contributed by atoms with Crippen LogP contribution in [0.2, 0.25) is 0 Å². The molecule has 0 aliphatic carbocycles. The minimum Gasteiger partial charge on any atom is -0.353 e. The zero-order chi connectivity index (χ0) is 11.9. The number of amides is 1. The van der Waals surface area contributed by atoms with Crippen LogP contribution in [0.25, 0.3) is 0 Å². The number of rotatable bonds is 7. The molecule has 0 aromatic rings. The minimum absolute atomic E-state index is 0.0818. The Morgan fingerprint density at radius 3 is 2.40 bits per heavy atom. The van der Waals surface area contributed by atoms with Gasteiger partial charge in [-0.05, 0) is 13.8 Å². The molecule has 0 aliphatic heterocycles. The molecule has 0 aromatic heterocycles. The molecule has 90 valence electrons. The summed E-state index contributed by atoms with van der Waals surface area (Å²) < 4.78 is 22.2. The molecule has 6 heteroatoms. The van der Waals surface area contributed by atoms with Crippen molar-refractivity contribution in [1.82, 2.24) is 10.6 Å². The molecule has 0 heterocycles. The van der Waals surface area contributed by atoms with Crippen molar-refractivity contribution in [2.75, 3.05) is 24.6 Å². The molecule has 0 fully saturated rings. The maximum atomic E-state index is 11.1. The highest BCUT2D eigenvalue weighted by molar-refractivity contribution is 7.91. The topological polar surface area (TPSA) is 75.3 Å². The number of sulfone groups is 1. The van der Waals surface area contributed by atoms with E-state index in [1.54, 1.807) is 6.92 Å². The molecule has 1 amide bonds. The molecule has 2 N–H and O–H groups in total. The van der Waals surface area contributed by atoms with Crippen molar-refractivity contribution in [1.29, 1.82) is 0 Å². The smallest absolute Gasteiger partial charge is 0.234 e. The van der Waals surface area contributed by atoms with E-state index in [0.717, 1.165) is 0 Å². The number of carbonyl (C=O) groups excluding carboxylic acids is 1. The summed E-state index contributed by atoms with van der Waals surface area (Å²) in [7, 11) is -2.93. The van der Waals surface area contributed by atoms with Crippen molar-refractivity contribution in [3.05, 3.63) is 0 Å². The maximum Gasteiger partial charge on any atom is 0.234 e. The van der Waals surface area contributed by atoms with Crippen molar-refractivity contribution in [2.45, 2.75) is 26.8 Å². The summed E-state index contributed by atoms with van der Waals surface area (Å²) in [5.74, 6) is 0.115. The Labute approximate surface area is 91.5 Å².